The highest BCUT2D eigenvalue weighted by Gasteiger charge is 2.27. The predicted molar refractivity (Wildman–Crippen MR) is 66.5 cm³/mol. The first-order chi connectivity index (χ1) is 7.56. The van der Waals surface area contributed by atoms with Crippen LogP contribution in [0.4, 0.5) is 5.69 Å². The first-order valence-corrected chi connectivity index (χ1v) is 7.35. The number of benzene rings is 1. The van der Waals surface area contributed by atoms with Crippen LogP contribution in [0.3, 0.4) is 0 Å². The molecular formula is C11H14ClNO2S. The Morgan fingerprint density at radius 3 is 2.88 bits per heavy atom. The molecule has 0 amide bonds. The van der Waals surface area contributed by atoms with Gasteiger partial charge in [-0.3, -0.25) is 4.31 Å². The average molecular weight is 260 g/mol. The van der Waals surface area contributed by atoms with E-state index in [4.69, 9.17) is 11.6 Å². The van der Waals surface area contributed by atoms with E-state index in [1.807, 2.05) is 25.1 Å². The van der Waals surface area contributed by atoms with E-state index >= 15 is 0 Å². The monoisotopic (exact) mass is 259 g/mol. The van der Waals surface area contributed by atoms with E-state index in [-0.39, 0.29) is 5.21 Å². The molecule has 0 bridgehead atoms. The van der Waals surface area contributed by atoms with Gasteiger partial charge in [0.15, 0.2) is 0 Å². The van der Waals surface area contributed by atoms with Crippen molar-refractivity contribution in [3.8, 4) is 0 Å². The summed E-state index contributed by atoms with van der Waals surface area (Å²) in [4.78, 5) is 0. The summed E-state index contributed by atoms with van der Waals surface area (Å²) in [6.45, 7) is 2.47. The molecule has 0 N–H and O–H groups in total. The van der Waals surface area contributed by atoms with Crippen LogP contribution in [0.2, 0.25) is 0 Å². The number of anilines is 1. The standard InChI is InChI=1S/C11H14ClNO2S/c1-9-4-2-5-10-6-3-7-13(11(9)10)16(14,15)8-12/h2,4-5H,3,6-8H2,1H3. The predicted octanol–water partition coefficient (Wildman–Crippen LogP) is 2.27. The van der Waals surface area contributed by atoms with Gasteiger partial charge in [0.2, 0.25) is 10.0 Å². The van der Waals surface area contributed by atoms with E-state index < -0.39 is 10.0 Å². The maximum absolute atomic E-state index is 11.9. The minimum Gasteiger partial charge on any atom is -0.269 e. The van der Waals surface area contributed by atoms with E-state index in [1.165, 1.54) is 4.31 Å². The Hall–Kier alpha value is -0.740. The molecular weight excluding hydrogens is 246 g/mol. The quantitative estimate of drug-likeness (QED) is 0.764. The minimum atomic E-state index is -3.36. The van der Waals surface area contributed by atoms with Gasteiger partial charge in [0.1, 0.15) is 5.21 Å². The van der Waals surface area contributed by atoms with Crippen LogP contribution in [0.1, 0.15) is 17.5 Å². The Morgan fingerprint density at radius 1 is 1.44 bits per heavy atom. The highest BCUT2D eigenvalue weighted by Crippen LogP contribution is 2.32. The van der Waals surface area contributed by atoms with Gasteiger partial charge < -0.3 is 0 Å². The molecule has 0 radical (unpaired) electrons. The van der Waals surface area contributed by atoms with Gasteiger partial charge in [-0.15, -0.1) is 11.6 Å². The summed E-state index contributed by atoms with van der Waals surface area (Å²) < 4.78 is 25.2. The molecule has 0 spiro atoms. The SMILES string of the molecule is Cc1cccc2c1N(S(=O)(=O)CCl)CCC2. The van der Waals surface area contributed by atoms with Crippen LogP contribution in [-0.2, 0) is 16.4 Å². The lowest BCUT2D eigenvalue weighted by Crippen LogP contribution is -2.36. The van der Waals surface area contributed by atoms with Crippen molar-refractivity contribution >= 4 is 27.3 Å². The zero-order chi connectivity index (χ0) is 11.8. The molecule has 1 aromatic carbocycles. The lowest BCUT2D eigenvalue weighted by Gasteiger charge is -2.31. The first kappa shape index (κ1) is 11.7. The summed E-state index contributed by atoms with van der Waals surface area (Å²) in [7, 11) is -3.36. The number of alkyl halides is 1. The van der Waals surface area contributed by atoms with Crippen LogP contribution in [0.15, 0.2) is 18.2 Å². The summed E-state index contributed by atoms with van der Waals surface area (Å²) >= 11 is 5.52. The Kier molecular flexibility index (Phi) is 3.13. The molecule has 0 saturated heterocycles. The largest absolute Gasteiger partial charge is 0.269 e. The van der Waals surface area contributed by atoms with Crippen molar-refractivity contribution in [1.82, 2.24) is 0 Å². The average Bonchev–Trinajstić information content (AvgIpc) is 2.29. The molecule has 1 aromatic rings. The van der Waals surface area contributed by atoms with Crippen molar-refractivity contribution in [1.29, 1.82) is 0 Å². The van der Waals surface area contributed by atoms with E-state index in [2.05, 4.69) is 0 Å². The number of fused-ring (bicyclic) bond motifs is 1. The fraction of sp³-hybridized carbons (Fsp3) is 0.455. The molecule has 88 valence electrons. The lowest BCUT2D eigenvalue weighted by atomic mass is 10.0. The van der Waals surface area contributed by atoms with E-state index in [9.17, 15) is 8.42 Å². The third-order valence-corrected chi connectivity index (χ3v) is 4.99. The van der Waals surface area contributed by atoms with Gasteiger partial charge in [-0.05, 0) is 30.9 Å². The van der Waals surface area contributed by atoms with Crippen LogP contribution < -0.4 is 4.31 Å². The van der Waals surface area contributed by atoms with Crippen LogP contribution >= 0.6 is 11.6 Å². The smallest absolute Gasteiger partial charge is 0.249 e. The molecule has 0 unspecified atom stereocenters. The molecule has 5 heteroatoms. The number of hydrogen-bond acceptors (Lipinski definition) is 2. The summed E-state index contributed by atoms with van der Waals surface area (Å²) in [6, 6.07) is 5.88. The van der Waals surface area contributed by atoms with Crippen LogP contribution in [0.5, 0.6) is 0 Å². The van der Waals surface area contributed by atoms with Gasteiger partial charge in [-0.1, -0.05) is 18.2 Å². The van der Waals surface area contributed by atoms with E-state index in [0.717, 1.165) is 29.7 Å². The number of rotatable bonds is 2. The van der Waals surface area contributed by atoms with Crippen molar-refractivity contribution in [2.45, 2.75) is 19.8 Å². The zero-order valence-corrected chi connectivity index (χ0v) is 10.7. The molecule has 1 heterocycles. The van der Waals surface area contributed by atoms with Crippen LogP contribution in [0.25, 0.3) is 0 Å². The Labute approximate surface area is 101 Å². The Morgan fingerprint density at radius 2 is 2.19 bits per heavy atom. The van der Waals surface area contributed by atoms with Crippen molar-refractivity contribution in [3.63, 3.8) is 0 Å². The third-order valence-electron chi connectivity index (χ3n) is 2.85. The minimum absolute atomic E-state index is 0.360. The van der Waals surface area contributed by atoms with Crippen molar-refractivity contribution < 1.29 is 8.42 Å². The fourth-order valence-electron chi connectivity index (χ4n) is 2.14. The van der Waals surface area contributed by atoms with E-state index in [0.29, 0.717) is 6.54 Å². The fourth-order valence-corrected chi connectivity index (χ4v) is 3.56. The number of para-hydroxylation sites is 1. The first-order valence-electron chi connectivity index (χ1n) is 5.21. The second-order valence-electron chi connectivity index (χ2n) is 3.98. The number of hydrogen-bond donors (Lipinski definition) is 0. The molecule has 0 aliphatic carbocycles. The maximum Gasteiger partial charge on any atom is 0.249 e. The molecule has 1 aliphatic heterocycles. The maximum atomic E-state index is 11.9. The molecule has 2 rings (SSSR count). The lowest BCUT2D eigenvalue weighted by molar-refractivity contribution is 0.591. The molecule has 0 saturated carbocycles. The second-order valence-corrected chi connectivity index (χ2v) is 6.46. The van der Waals surface area contributed by atoms with Gasteiger partial charge in [0.05, 0.1) is 5.69 Å². The number of halogens is 1. The zero-order valence-electron chi connectivity index (χ0n) is 9.11. The summed E-state index contributed by atoms with van der Waals surface area (Å²) in [5.41, 5.74) is 2.92. The van der Waals surface area contributed by atoms with Gasteiger partial charge in [-0.2, -0.15) is 0 Å². The second kappa shape index (κ2) is 4.26. The van der Waals surface area contributed by atoms with Gasteiger partial charge in [-0.25, -0.2) is 8.42 Å². The normalized spacial score (nSPS) is 16.0. The topological polar surface area (TPSA) is 37.4 Å². The van der Waals surface area contributed by atoms with Crippen LogP contribution in [-0.4, -0.2) is 20.2 Å². The Balaban J connectivity index is 2.56. The molecule has 1 aliphatic rings. The van der Waals surface area contributed by atoms with Gasteiger partial charge >= 0.3 is 0 Å². The van der Waals surface area contributed by atoms with Crippen molar-refractivity contribution in [2.75, 3.05) is 16.1 Å². The molecule has 0 aromatic heterocycles. The van der Waals surface area contributed by atoms with Crippen molar-refractivity contribution in [2.24, 2.45) is 0 Å². The molecule has 16 heavy (non-hydrogen) atoms. The molecule has 0 fully saturated rings. The summed E-state index contributed by atoms with van der Waals surface area (Å²) in [6.07, 6.45) is 1.79. The van der Waals surface area contributed by atoms with Gasteiger partial charge in [0, 0.05) is 6.54 Å². The van der Waals surface area contributed by atoms with Gasteiger partial charge in [0.25, 0.3) is 0 Å². The molecule has 3 nitrogen and oxygen atoms in total. The molecule has 0 atom stereocenters. The highest BCUT2D eigenvalue weighted by molar-refractivity contribution is 7.93. The summed E-state index contributed by atoms with van der Waals surface area (Å²) in [5, 5.41) is -0.360. The number of sulfonamides is 1. The van der Waals surface area contributed by atoms with Crippen molar-refractivity contribution in [3.05, 3.63) is 29.3 Å². The Bertz CT molecular complexity index is 499. The highest BCUT2D eigenvalue weighted by atomic mass is 35.5. The number of nitrogens with zero attached hydrogens (tertiary/aromatic N) is 1. The number of aryl methyl sites for hydroxylation is 2. The van der Waals surface area contributed by atoms with E-state index in [1.54, 1.807) is 0 Å². The third kappa shape index (κ3) is 1.92. The summed E-state index contributed by atoms with van der Waals surface area (Å²) in [5.74, 6) is 0. The van der Waals surface area contributed by atoms with Crippen LogP contribution in [0, 0.1) is 6.92 Å².